The number of esters is 1. The number of aromatic nitrogens is 4. The van der Waals surface area contributed by atoms with Crippen molar-refractivity contribution in [3.05, 3.63) is 59.2 Å². The van der Waals surface area contributed by atoms with Gasteiger partial charge in [0.05, 0.1) is 61.8 Å². The Labute approximate surface area is 283 Å². The molecule has 12 nitrogen and oxygen atoms in total. The second-order valence-corrected chi connectivity index (χ2v) is 12.8. The molecule has 0 bridgehead atoms. The van der Waals surface area contributed by atoms with Gasteiger partial charge in [0, 0.05) is 48.8 Å². The molecule has 0 aliphatic rings. The maximum atomic E-state index is 12.8. The van der Waals surface area contributed by atoms with E-state index < -0.39 is 11.6 Å². The molecule has 4 aromatic heterocycles. The summed E-state index contributed by atoms with van der Waals surface area (Å²) < 4.78 is 31.3. The number of ether oxygens (including phenoxy) is 5. The highest BCUT2D eigenvalue weighted by Gasteiger charge is 2.29. The van der Waals surface area contributed by atoms with Crippen LogP contribution in [0.3, 0.4) is 0 Å². The van der Waals surface area contributed by atoms with Crippen molar-refractivity contribution in [2.45, 2.75) is 92.2 Å². The van der Waals surface area contributed by atoms with Crippen LogP contribution in [0.15, 0.2) is 36.7 Å². The molecular formula is C36H52N4O8. The molecule has 0 spiro atoms. The molecule has 0 saturated heterocycles. The second-order valence-electron chi connectivity index (χ2n) is 12.8. The van der Waals surface area contributed by atoms with E-state index in [2.05, 4.69) is 21.5 Å². The summed E-state index contributed by atoms with van der Waals surface area (Å²) in [5, 5.41) is 10.9. The summed E-state index contributed by atoms with van der Waals surface area (Å²) in [4.78, 5) is 33.2. The van der Waals surface area contributed by atoms with E-state index >= 15 is 0 Å². The molecule has 4 rings (SSSR count). The Kier molecular flexibility index (Phi) is 13.7. The van der Waals surface area contributed by atoms with Crippen LogP contribution in [-0.4, -0.2) is 94.6 Å². The largest absolute Gasteiger partial charge is 0.478 e. The minimum Gasteiger partial charge on any atom is -0.478 e. The van der Waals surface area contributed by atoms with Crippen molar-refractivity contribution < 1.29 is 38.4 Å². The highest BCUT2D eigenvalue weighted by atomic mass is 16.6. The van der Waals surface area contributed by atoms with Gasteiger partial charge in [-0.1, -0.05) is 0 Å². The van der Waals surface area contributed by atoms with Crippen LogP contribution in [0.2, 0.25) is 0 Å². The summed E-state index contributed by atoms with van der Waals surface area (Å²) in [5.41, 5.74) is 3.28. The van der Waals surface area contributed by atoms with Crippen LogP contribution in [0.1, 0.15) is 92.7 Å². The van der Waals surface area contributed by atoms with E-state index in [9.17, 15) is 14.7 Å². The number of carbonyl (C=O) groups excluding carboxylic acids is 1. The fourth-order valence-electron chi connectivity index (χ4n) is 5.70. The number of methoxy groups -OCH3 is 2. The van der Waals surface area contributed by atoms with Gasteiger partial charge in [0.25, 0.3) is 0 Å². The summed E-state index contributed by atoms with van der Waals surface area (Å²) >= 11 is 0. The van der Waals surface area contributed by atoms with Crippen molar-refractivity contribution in [3.63, 3.8) is 0 Å². The minimum absolute atomic E-state index is 0.000410. The lowest BCUT2D eigenvalue weighted by Gasteiger charge is -2.24. The zero-order chi connectivity index (χ0) is 35.8. The number of rotatable bonds is 14. The van der Waals surface area contributed by atoms with E-state index in [4.69, 9.17) is 23.7 Å². The number of hydrogen-bond donors (Lipinski definition) is 1. The summed E-state index contributed by atoms with van der Waals surface area (Å²) in [6.07, 6.45) is 3.26. The predicted molar refractivity (Wildman–Crippen MR) is 185 cm³/mol. The monoisotopic (exact) mass is 668 g/mol. The Hall–Kier alpha value is -3.84. The van der Waals surface area contributed by atoms with Crippen LogP contribution >= 0.6 is 0 Å². The molecule has 0 radical (unpaired) electrons. The summed E-state index contributed by atoms with van der Waals surface area (Å²) in [6.45, 7) is 19.5. The first-order chi connectivity index (χ1) is 22.7. The standard InChI is InChI=1S/C20H30N2O4.C16H22N2O4/c1-13(15(3)25-12-11-24-7)22-14(2)17(19(23)26-20(4,5)6)16-9-8-10-21-18(16)22;1-10(12(3)22-9-8-21-4)18-11(2)14(16(19)20)13-6-5-7-17-15(13)18/h8-10,13,15H,11-12H2,1-7H3;5-7,10,12H,8-9H2,1-4H3,(H,19,20). The van der Waals surface area contributed by atoms with Crippen molar-refractivity contribution in [2.24, 2.45) is 0 Å². The Balaban J connectivity index is 0.000000264. The van der Waals surface area contributed by atoms with E-state index in [1.165, 1.54) is 0 Å². The van der Waals surface area contributed by atoms with Gasteiger partial charge in [0.2, 0.25) is 0 Å². The van der Waals surface area contributed by atoms with Gasteiger partial charge in [-0.05, 0) is 86.6 Å². The Morgan fingerprint density at radius 3 is 1.56 bits per heavy atom. The number of nitrogens with zero attached hydrogens (tertiary/aromatic N) is 4. The van der Waals surface area contributed by atoms with Gasteiger partial charge in [-0.15, -0.1) is 0 Å². The van der Waals surface area contributed by atoms with E-state index in [1.54, 1.807) is 38.7 Å². The highest BCUT2D eigenvalue weighted by molar-refractivity contribution is 6.05. The molecular weight excluding hydrogens is 616 g/mol. The SMILES string of the molecule is COCCOC(C)C(C)n1c(C)c(C(=O)O)c2cccnc21.COCCOC(C)C(C)n1c(C)c(C(=O)OC(C)(C)C)c2cccnc21. The van der Waals surface area contributed by atoms with Crippen LogP contribution in [-0.2, 0) is 23.7 Å². The third-order valence-corrected chi connectivity index (χ3v) is 8.34. The van der Waals surface area contributed by atoms with Crippen LogP contribution in [0.5, 0.6) is 0 Å². The number of fused-ring (bicyclic) bond motifs is 2. The molecule has 0 aliphatic heterocycles. The normalized spacial score (nSPS) is 14.3. The molecule has 12 heteroatoms. The Bertz CT molecular complexity index is 1670. The molecule has 1 N–H and O–H groups in total. The first-order valence-corrected chi connectivity index (χ1v) is 16.2. The number of carbonyl (C=O) groups is 2. The average molecular weight is 669 g/mol. The lowest BCUT2D eigenvalue weighted by atomic mass is 10.1. The predicted octanol–water partition coefficient (Wildman–Crippen LogP) is 6.57. The summed E-state index contributed by atoms with van der Waals surface area (Å²) in [6, 6.07) is 7.25. The molecule has 0 saturated carbocycles. The van der Waals surface area contributed by atoms with Crippen LogP contribution < -0.4 is 0 Å². The van der Waals surface area contributed by atoms with Crippen molar-refractivity contribution in [1.82, 2.24) is 19.1 Å². The second kappa shape index (κ2) is 17.0. The molecule has 0 amide bonds. The van der Waals surface area contributed by atoms with Crippen LogP contribution in [0.25, 0.3) is 22.1 Å². The third-order valence-electron chi connectivity index (χ3n) is 8.34. The van der Waals surface area contributed by atoms with Gasteiger partial charge >= 0.3 is 11.9 Å². The van der Waals surface area contributed by atoms with Gasteiger partial charge in [-0.3, -0.25) is 0 Å². The van der Waals surface area contributed by atoms with Gasteiger partial charge in [-0.2, -0.15) is 0 Å². The van der Waals surface area contributed by atoms with E-state index in [0.717, 1.165) is 16.7 Å². The number of carboxylic acid groups (broad SMARTS) is 1. The smallest absolute Gasteiger partial charge is 0.341 e. The molecule has 4 atom stereocenters. The molecule has 48 heavy (non-hydrogen) atoms. The van der Waals surface area contributed by atoms with Crippen LogP contribution in [0.4, 0.5) is 0 Å². The fraction of sp³-hybridized carbons (Fsp3) is 0.556. The first kappa shape index (κ1) is 38.6. The first-order valence-electron chi connectivity index (χ1n) is 16.2. The maximum absolute atomic E-state index is 12.8. The number of carboxylic acids is 1. The Morgan fingerprint density at radius 2 is 1.17 bits per heavy atom. The zero-order valence-corrected chi connectivity index (χ0v) is 30.2. The lowest BCUT2D eigenvalue weighted by Crippen LogP contribution is -2.26. The van der Waals surface area contributed by atoms with Crippen molar-refractivity contribution in [1.29, 1.82) is 0 Å². The van der Waals surface area contributed by atoms with Crippen molar-refractivity contribution >= 4 is 34.0 Å². The van der Waals surface area contributed by atoms with Crippen LogP contribution in [0, 0.1) is 13.8 Å². The van der Waals surface area contributed by atoms with Gasteiger partial charge < -0.3 is 37.9 Å². The summed E-state index contributed by atoms with van der Waals surface area (Å²) in [5.74, 6) is -1.26. The molecule has 0 aliphatic carbocycles. The van der Waals surface area contributed by atoms with Crippen molar-refractivity contribution in [3.8, 4) is 0 Å². The molecule has 4 unspecified atom stereocenters. The fourth-order valence-corrected chi connectivity index (χ4v) is 5.70. The quantitative estimate of drug-likeness (QED) is 0.116. The minimum atomic E-state index is -0.936. The highest BCUT2D eigenvalue weighted by Crippen LogP contribution is 2.32. The molecule has 264 valence electrons. The number of aromatic carboxylic acids is 1. The van der Waals surface area contributed by atoms with E-state index in [1.807, 2.05) is 72.1 Å². The zero-order valence-electron chi connectivity index (χ0n) is 30.2. The lowest BCUT2D eigenvalue weighted by molar-refractivity contribution is 0.00342. The average Bonchev–Trinajstić information content (AvgIpc) is 3.49. The van der Waals surface area contributed by atoms with Crippen molar-refractivity contribution in [2.75, 3.05) is 40.6 Å². The molecule has 0 fully saturated rings. The number of hydrogen-bond acceptors (Lipinski definition) is 9. The maximum Gasteiger partial charge on any atom is 0.341 e. The van der Waals surface area contributed by atoms with Gasteiger partial charge in [-0.25, -0.2) is 19.6 Å². The summed E-state index contributed by atoms with van der Waals surface area (Å²) in [7, 11) is 3.28. The van der Waals surface area contributed by atoms with Gasteiger partial charge in [0.1, 0.15) is 16.9 Å². The third kappa shape index (κ3) is 8.98. The van der Waals surface area contributed by atoms with Gasteiger partial charge in [0.15, 0.2) is 0 Å². The number of pyridine rings is 2. The van der Waals surface area contributed by atoms with E-state index in [0.29, 0.717) is 54.3 Å². The molecule has 0 aromatic carbocycles. The topological polar surface area (TPSA) is 136 Å². The molecule has 4 aromatic rings. The van der Waals surface area contributed by atoms with E-state index in [-0.39, 0.29) is 30.3 Å². The Morgan fingerprint density at radius 1 is 0.750 bits per heavy atom. The molecule has 4 heterocycles.